The number of anilines is 1. The molecular formula is C18H18F3N3O4S. The van der Waals surface area contributed by atoms with E-state index in [-0.39, 0.29) is 23.3 Å². The van der Waals surface area contributed by atoms with Gasteiger partial charge in [-0.3, -0.25) is 0 Å². The number of piperidine rings is 1. The molecule has 1 fully saturated rings. The highest BCUT2D eigenvalue weighted by molar-refractivity contribution is 7.13. The number of ether oxygens (including phenoxy) is 1. The molecule has 0 atom stereocenters. The number of aromatic nitrogens is 1. The molecule has 0 bridgehead atoms. The number of carbonyl (C=O) groups excluding carboxylic acids is 2. The van der Waals surface area contributed by atoms with Crippen molar-refractivity contribution in [3.63, 3.8) is 0 Å². The van der Waals surface area contributed by atoms with E-state index in [0.717, 1.165) is 25.9 Å². The van der Waals surface area contributed by atoms with Gasteiger partial charge >= 0.3 is 18.2 Å². The van der Waals surface area contributed by atoms with E-state index < -0.39 is 18.2 Å². The summed E-state index contributed by atoms with van der Waals surface area (Å²) < 4.78 is 43.5. The molecule has 0 aliphatic carbocycles. The zero-order valence-corrected chi connectivity index (χ0v) is 16.0. The lowest BCUT2D eigenvalue weighted by molar-refractivity contribution is -0.200. The predicted molar refractivity (Wildman–Crippen MR) is 99.1 cm³/mol. The number of hydroxylamine groups is 1. The Morgan fingerprint density at radius 2 is 1.97 bits per heavy atom. The normalized spacial score (nSPS) is 15.0. The van der Waals surface area contributed by atoms with Crippen LogP contribution in [0.25, 0.3) is 10.6 Å². The fourth-order valence-electron chi connectivity index (χ4n) is 2.80. The lowest BCUT2D eigenvalue weighted by atomic mass is 9.99. The Labute approximate surface area is 168 Å². The third kappa shape index (κ3) is 5.45. The summed E-state index contributed by atoms with van der Waals surface area (Å²) in [6, 6.07) is 6.04. The number of nitrogens with zero attached hydrogens (tertiary/aromatic N) is 2. The molecule has 1 aliphatic rings. The van der Waals surface area contributed by atoms with Crippen molar-refractivity contribution < 1.29 is 32.3 Å². The third-order valence-electron chi connectivity index (χ3n) is 4.26. The van der Waals surface area contributed by atoms with Crippen molar-refractivity contribution in [2.75, 3.05) is 24.8 Å². The molecule has 7 nitrogen and oxygen atoms in total. The number of para-hydroxylation sites is 1. The van der Waals surface area contributed by atoms with Crippen molar-refractivity contribution in [2.24, 2.45) is 5.92 Å². The van der Waals surface area contributed by atoms with Crippen LogP contribution < -0.4 is 10.4 Å². The first-order chi connectivity index (χ1) is 13.9. The van der Waals surface area contributed by atoms with Crippen molar-refractivity contribution >= 4 is 29.1 Å². The Morgan fingerprint density at radius 3 is 2.62 bits per heavy atom. The molecule has 1 amide bonds. The first kappa shape index (κ1) is 21.1. The number of thiazole rings is 1. The number of rotatable bonds is 4. The summed E-state index contributed by atoms with van der Waals surface area (Å²) in [5, 5.41) is 5.53. The topological polar surface area (TPSA) is 80.8 Å². The van der Waals surface area contributed by atoms with Gasteiger partial charge < -0.3 is 14.9 Å². The molecule has 1 aromatic carbocycles. The lowest BCUT2D eigenvalue weighted by Crippen LogP contribution is -2.40. The van der Waals surface area contributed by atoms with Gasteiger partial charge in [0.05, 0.1) is 12.3 Å². The minimum Gasteiger partial charge on any atom is -0.447 e. The number of amides is 1. The van der Waals surface area contributed by atoms with Crippen LogP contribution in [0.1, 0.15) is 12.8 Å². The summed E-state index contributed by atoms with van der Waals surface area (Å²) in [5.74, 6) is -2.44. The molecule has 11 heteroatoms. The second-order valence-corrected chi connectivity index (χ2v) is 7.19. The second kappa shape index (κ2) is 9.23. The van der Waals surface area contributed by atoms with Gasteiger partial charge in [-0.15, -0.1) is 16.4 Å². The van der Waals surface area contributed by atoms with E-state index >= 15 is 0 Å². The van der Waals surface area contributed by atoms with Crippen molar-refractivity contribution in [1.82, 2.24) is 10.3 Å². The maximum atomic E-state index is 12.8. The van der Waals surface area contributed by atoms with Gasteiger partial charge in [0, 0.05) is 17.1 Å². The molecular weight excluding hydrogens is 411 g/mol. The summed E-state index contributed by atoms with van der Waals surface area (Å²) >= 11 is 1.22. The molecule has 1 aliphatic heterocycles. The number of hydrogen-bond acceptors (Lipinski definition) is 7. The third-order valence-corrected chi connectivity index (χ3v) is 5.06. The second-order valence-electron chi connectivity index (χ2n) is 6.30. The fourth-order valence-corrected chi connectivity index (χ4v) is 3.48. The average molecular weight is 429 g/mol. The standard InChI is InChI=1S/C18H18F3N3O4S/c19-18(20,21)16(25)28-24(17(26)27-11-12-5-7-22-8-6-12)14-4-2-1-3-13(14)15-23-9-10-29-15/h1-4,9-10,12,22H,5-8,11H2. The van der Waals surface area contributed by atoms with Crippen LogP contribution in [0.5, 0.6) is 0 Å². The van der Waals surface area contributed by atoms with Crippen molar-refractivity contribution in [3.05, 3.63) is 35.8 Å². The summed E-state index contributed by atoms with van der Waals surface area (Å²) in [5.41, 5.74) is 0.256. The minimum atomic E-state index is -5.27. The number of benzene rings is 1. The summed E-state index contributed by atoms with van der Waals surface area (Å²) in [6.45, 7) is 1.55. The SMILES string of the molecule is O=C(OCC1CCNCC1)N(OC(=O)C(F)(F)F)c1ccccc1-c1nccs1. The monoisotopic (exact) mass is 429 g/mol. The van der Waals surface area contributed by atoms with Crippen LogP contribution in [0.2, 0.25) is 0 Å². The largest absolute Gasteiger partial charge is 0.493 e. The van der Waals surface area contributed by atoms with Crippen molar-refractivity contribution in [2.45, 2.75) is 19.0 Å². The van der Waals surface area contributed by atoms with Gasteiger partial charge in [-0.25, -0.2) is 14.6 Å². The van der Waals surface area contributed by atoms with Gasteiger partial charge in [0.1, 0.15) is 5.01 Å². The summed E-state index contributed by atoms with van der Waals surface area (Å²) in [7, 11) is 0. The van der Waals surface area contributed by atoms with Crippen LogP contribution >= 0.6 is 11.3 Å². The summed E-state index contributed by atoms with van der Waals surface area (Å²) in [4.78, 5) is 32.5. The van der Waals surface area contributed by atoms with E-state index in [1.165, 1.54) is 29.7 Å². The zero-order chi connectivity index (χ0) is 20.9. The Kier molecular flexibility index (Phi) is 6.70. The number of alkyl halides is 3. The van der Waals surface area contributed by atoms with E-state index in [9.17, 15) is 22.8 Å². The van der Waals surface area contributed by atoms with Gasteiger partial charge in [0.25, 0.3) is 0 Å². The van der Waals surface area contributed by atoms with Crippen LogP contribution in [-0.2, 0) is 14.4 Å². The first-order valence-corrected chi connectivity index (χ1v) is 9.70. The van der Waals surface area contributed by atoms with Gasteiger partial charge in [-0.2, -0.15) is 13.2 Å². The molecule has 0 saturated carbocycles. The average Bonchev–Trinajstić information content (AvgIpc) is 3.25. The van der Waals surface area contributed by atoms with E-state index in [1.807, 2.05) is 0 Å². The molecule has 0 unspecified atom stereocenters. The van der Waals surface area contributed by atoms with Crippen LogP contribution in [0, 0.1) is 5.92 Å². The van der Waals surface area contributed by atoms with E-state index in [1.54, 1.807) is 17.5 Å². The van der Waals surface area contributed by atoms with Crippen molar-refractivity contribution in [1.29, 1.82) is 0 Å². The van der Waals surface area contributed by atoms with Gasteiger partial charge in [0.2, 0.25) is 0 Å². The van der Waals surface area contributed by atoms with E-state index in [4.69, 9.17) is 4.74 Å². The maximum absolute atomic E-state index is 12.8. The molecule has 156 valence electrons. The van der Waals surface area contributed by atoms with Crippen LogP contribution in [-0.4, -0.2) is 42.9 Å². The highest BCUT2D eigenvalue weighted by Gasteiger charge is 2.44. The highest BCUT2D eigenvalue weighted by atomic mass is 32.1. The molecule has 0 spiro atoms. The highest BCUT2D eigenvalue weighted by Crippen LogP contribution is 2.33. The lowest BCUT2D eigenvalue weighted by Gasteiger charge is -2.25. The molecule has 3 rings (SSSR count). The number of halogens is 3. The Hall–Kier alpha value is -2.66. The predicted octanol–water partition coefficient (Wildman–Crippen LogP) is 3.77. The molecule has 1 saturated heterocycles. The summed E-state index contributed by atoms with van der Waals surface area (Å²) in [6.07, 6.45) is -3.43. The molecule has 2 aromatic rings. The van der Waals surface area contributed by atoms with Crippen LogP contribution in [0.3, 0.4) is 0 Å². The Bertz CT molecular complexity index is 839. The number of carbonyl (C=O) groups is 2. The van der Waals surface area contributed by atoms with Gasteiger partial charge in [0.15, 0.2) is 0 Å². The Morgan fingerprint density at radius 1 is 1.24 bits per heavy atom. The number of nitrogens with one attached hydrogen (secondary N) is 1. The maximum Gasteiger partial charge on any atom is 0.493 e. The van der Waals surface area contributed by atoms with Gasteiger partial charge in [-0.05, 0) is 44.0 Å². The van der Waals surface area contributed by atoms with E-state index in [2.05, 4.69) is 15.1 Å². The van der Waals surface area contributed by atoms with E-state index in [0.29, 0.717) is 10.6 Å². The number of hydrogen-bond donors (Lipinski definition) is 1. The molecule has 1 aromatic heterocycles. The first-order valence-electron chi connectivity index (χ1n) is 8.82. The van der Waals surface area contributed by atoms with Crippen LogP contribution in [0.15, 0.2) is 35.8 Å². The zero-order valence-electron chi connectivity index (χ0n) is 15.1. The van der Waals surface area contributed by atoms with Crippen molar-refractivity contribution in [3.8, 4) is 10.6 Å². The smallest absolute Gasteiger partial charge is 0.447 e. The molecule has 1 N–H and O–H groups in total. The quantitative estimate of drug-likeness (QED) is 0.746. The molecule has 2 heterocycles. The molecule has 0 radical (unpaired) electrons. The Balaban J connectivity index is 1.85. The molecule has 29 heavy (non-hydrogen) atoms. The minimum absolute atomic E-state index is 0.0139. The van der Waals surface area contributed by atoms with Gasteiger partial charge in [-0.1, -0.05) is 12.1 Å². The van der Waals surface area contributed by atoms with Crippen LogP contribution in [0.4, 0.5) is 23.7 Å². The fraction of sp³-hybridized carbons (Fsp3) is 0.389.